The van der Waals surface area contributed by atoms with Crippen LogP contribution in [0.4, 0.5) is 0 Å². The Morgan fingerprint density at radius 1 is 1.00 bits per heavy atom. The van der Waals surface area contributed by atoms with Gasteiger partial charge in [-0.2, -0.15) is 0 Å². The molecule has 0 aromatic carbocycles. The second-order valence-corrected chi connectivity index (χ2v) is 7.14. The van der Waals surface area contributed by atoms with Gasteiger partial charge in [-0.25, -0.2) is 0 Å². The molecule has 0 radical (unpaired) electrons. The summed E-state index contributed by atoms with van der Waals surface area (Å²) in [6, 6.07) is 0.694. The smallest absolute Gasteiger partial charge is 0.0157 e. The standard InChI is InChI=1S/C17H34N2/c1-15(2)9-7-8-10-17(5,6)19-13-11-18(12-14-19)16(3)4/h7,9,15-16H,8,10-14H2,1-6H3. The van der Waals surface area contributed by atoms with E-state index in [2.05, 4.69) is 63.5 Å². The monoisotopic (exact) mass is 266 g/mol. The van der Waals surface area contributed by atoms with Crippen molar-refractivity contribution in [3.05, 3.63) is 12.2 Å². The molecule has 0 unspecified atom stereocenters. The average molecular weight is 266 g/mol. The van der Waals surface area contributed by atoms with E-state index in [0.29, 0.717) is 17.5 Å². The zero-order valence-electron chi connectivity index (χ0n) is 13.9. The molecule has 1 fully saturated rings. The van der Waals surface area contributed by atoms with E-state index in [1.54, 1.807) is 0 Å². The summed E-state index contributed by atoms with van der Waals surface area (Å²) in [5.74, 6) is 0.678. The lowest BCUT2D eigenvalue weighted by molar-refractivity contribution is 0.0364. The summed E-state index contributed by atoms with van der Waals surface area (Å²) in [5, 5.41) is 0. The predicted molar refractivity (Wildman–Crippen MR) is 85.6 cm³/mol. The summed E-state index contributed by atoms with van der Waals surface area (Å²) in [4.78, 5) is 5.26. The molecule has 19 heavy (non-hydrogen) atoms. The molecule has 0 spiro atoms. The minimum atomic E-state index is 0.338. The van der Waals surface area contributed by atoms with Gasteiger partial charge in [-0.05, 0) is 46.5 Å². The first-order chi connectivity index (χ1) is 8.83. The van der Waals surface area contributed by atoms with E-state index in [1.165, 1.54) is 39.0 Å². The SMILES string of the molecule is CC(C)C=CCCC(C)(C)N1CCN(C(C)C)CC1. The molecule has 0 aliphatic carbocycles. The summed E-state index contributed by atoms with van der Waals surface area (Å²) in [7, 11) is 0. The van der Waals surface area contributed by atoms with E-state index in [-0.39, 0.29) is 0 Å². The highest BCUT2D eigenvalue weighted by Gasteiger charge is 2.29. The van der Waals surface area contributed by atoms with Gasteiger partial charge in [0.15, 0.2) is 0 Å². The van der Waals surface area contributed by atoms with Crippen LogP contribution in [0.5, 0.6) is 0 Å². The fourth-order valence-electron chi connectivity index (χ4n) is 2.81. The van der Waals surface area contributed by atoms with E-state index in [0.717, 1.165) is 0 Å². The molecule has 0 atom stereocenters. The lowest BCUT2D eigenvalue weighted by atomic mass is 9.94. The summed E-state index contributed by atoms with van der Waals surface area (Å²) in [5.41, 5.74) is 0.338. The van der Waals surface area contributed by atoms with Crippen LogP contribution >= 0.6 is 0 Å². The van der Waals surface area contributed by atoms with Gasteiger partial charge in [-0.1, -0.05) is 26.0 Å². The Labute approximate surface area is 120 Å². The molecule has 0 saturated carbocycles. The second kappa shape index (κ2) is 7.44. The van der Waals surface area contributed by atoms with E-state index in [4.69, 9.17) is 0 Å². The van der Waals surface area contributed by atoms with Crippen molar-refractivity contribution in [1.29, 1.82) is 0 Å². The Morgan fingerprint density at radius 2 is 1.58 bits per heavy atom. The highest BCUT2D eigenvalue weighted by atomic mass is 15.3. The summed E-state index contributed by atoms with van der Waals surface area (Å²) in [6.45, 7) is 18.8. The highest BCUT2D eigenvalue weighted by Crippen LogP contribution is 2.23. The van der Waals surface area contributed by atoms with Gasteiger partial charge in [0.25, 0.3) is 0 Å². The summed E-state index contributed by atoms with van der Waals surface area (Å²) in [6.07, 6.45) is 7.15. The number of piperazine rings is 1. The molecule has 1 rings (SSSR count). The maximum Gasteiger partial charge on any atom is 0.0157 e. The maximum absolute atomic E-state index is 2.68. The van der Waals surface area contributed by atoms with Crippen molar-refractivity contribution in [3.8, 4) is 0 Å². The summed E-state index contributed by atoms with van der Waals surface area (Å²) >= 11 is 0. The fraction of sp³-hybridized carbons (Fsp3) is 0.882. The van der Waals surface area contributed by atoms with Gasteiger partial charge in [-0.3, -0.25) is 9.80 Å². The van der Waals surface area contributed by atoms with Crippen LogP contribution in [0, 0.1) is 5.92 Å². The third-order valence-corrected chi connectivity index (χ3v) is 4.34. The van der Waals surface area contributed by atoms with Gasteiger partial charge in [0.05, 0.1) is 0 Å². The number of hydrogen-bond donors (Lipinski definition) is 0. The molecule has 0 aromatic rings. The van der Waals surface area contributed by atoms with Crippen LogP contribution in [0.1, 0.15) is 54.4 Å². The van der Waals surface area contributed by atoms with Crippen molar-refractivity contribution in [1.82, 2.24) is 9.80 Å². The van der Waals surface area contributed by atoms with Crippen molar-refractivity contribution in [2.24, 2.45) is 5.92 Å². The molecule has 1 saturated heterocycles. The van der Waals surface area contributed by atoms with Crippen molar-refractivity contribution < 1.29 is 0 Å². The molecule has 0 aromatic heterocycles. The topological polar surface area (TPSA) is 6.48 Å². The average Bonchev–Trinajstić information content (AvgIpc) is 2.34. The van der Waals surface area contributed by atoms with Crippen molar-refractivity contribution in [2.75, 3.05) is 26.2 Å². The molecule has 112 valence electrons. The minimum absolute atomic E-state index is 0.338. The molecule has 1 aliphatic rings. The predicted octanol–water partition coefficient (Wildman–Crippen LogP) is 3.78. The largest absolute Gasteiger partial charge is 0.298 e. The van der Waals surface area contributed by atoms with E-state index < -0.39 is 0 Å². The number of rotatable bonds is 6. The molecule has 2 heteroatoms. The zero-order valence-corrected chi connectivity index (χ0v) is 13.9. The molecule has 2 nitrogen and oxygen atoms in total. The van der Waals surface area contributed by atoms with Gasteiger partial charge in [0, 0.05) is 37.8 Å². The molecule has 1 aliphatic heterocycles. The summed E-state index contributed by atoms with van der Waals surface area (Å²) < 4.78 is 0. The van der Waals surface area contributed by atoms with Crippen LogP contribution in [0.15, 0.2) is 12.2 Å². The molecular weight excluding hydrogens is 232 g/mol. The lowest BCUT2D eigenvalue weighted by Crippen LogP contribution is -2.55. The van der Waals surface area contributed by atoms with Crippen LogP contribution in [-0.4, -0.2) is 47.6 Å². The first-order valence-electron chi connectivity index (χ1n) is 7.98. The molecule has 0 amide bonds. The van der Waals surface area contributed by atoms with Crippen molar-refractivity contribution in [3.63, 3.8) is 0 Å². The fourth-order valence-corrected chi connectivity index (χ4v) is 2.81. The molecule has 0 N–H and O–H groups in total. The van der Waals surface area contributed by atoms with Gasteiger partial charge in [0.2, 0.25) is 0 Å². The van der Waals surface area contributed by atoms with Crippen molar-refractivity contribution in [2.45, 2.75) is 66.0 Å². The number of hydrogen-bond acceptors (Lipinski definition) is 2. The number of nitrogens with zero attached hydrogens (tertiary/aromatic N) is 2. The quantitative estimate of drug-likeness (QED) is 0.675. The van der Waals surface area contributed by atoms with Crippen LogP contribution in [0.25, 0.3) is 0 Å². The van der Waals surface area contributed by atoms with Gasteiger partial charge >= 0.3 is 0 Å². The Kier molecular flexibility index (Phi) is 6.55. The van der Waals surface area contributed by atoms with E-state index >= 15 is 0 Å². The maximum atomic E-state index is 2.68. The van der Waals surface area contributed by atoms with Crippen LogP contribution < -0.4 is 0 Å². The lowest BCUT2D eigenvalue weighted by Gasteiger charge is -2.45. The second-order valence-electron chi connectivity index (χ2n) is 7.14. The van der Waals surface area contributed by atoms with Gasteiger partial charge in [0.1, 0.15) is 0 Å². The molecule has 1 heterocycles. The Balaban J connectivity index is 2.37. The first kappa shape index (κ1) is 16.7. The Morgan fingerprint density at radius 3 is 2.05 bits per heavy atom. The first-order valence-corrected chi connectivity index (χ1v) is 7.98. The third-order valence-electron chi connectivity index (χ3n) is 4.34. The van der Waals surface area contributed by atoms with Crippen LogP contribution in [0.2, 0.25) is 0 Å². The van der Waals surface area contributed by atoms with Crippen LogP contribution in [-0.2, 0) is 0 Å². The van der Waals surface area contributed by atoms with E-state index in [1.807, 2.05) is 0 Å². The van der Waals surface area contributed by atoms with Gasteiger partial charge in [-0.15, -0.1) is 0 Å². The van der Waals surface area contributed by atoms with E-state index in [9.17, 15) is 0 Å². The van der Waals surface area contributed by atoms with Crippen molar-refractivity contribution >= 4 is 0 Å². The Hall–Kier alpha value is -0.340. The molecular formula is C17H34N2. The zero-order chi connectivity index (χ0) is 14.5. The minimum Gasteiger partial charge on any atom is -0.298 e. The van der Waals surface area contributed by atoms with Gasteiger partial charge < -0.3 is 0 Å². The molecule has 0 bridgehead atoms. The van der Waals surface area contributed by atoms with Crippen LogP contribution in [0.3, 0.4) is 0 Å². The highest BCUT2D eigenvalue weighted by molar-refractivity contribution is 4.91. The normalized spacial score (nSPS) is 20.0. The third kappa shape index (κ3) is 5.66. The number of allylic oxidation sites excluding steroid dienone is 2. The Bertz CT molecular complexity index is 271.